The lowest BCUT2D eigenvalue weighted by Crippen LogP contribution is -2.19. The van der Waals surface area contributed by atoms with Crippen LogP contribution in [0.4, 0.5) is 10.5 Å². The van der Waals surface area contributed by atoms with Gasteiger partial charge in [-0.1, -0.05) is 54.6 Å². The van der Waals surface area contributed by atoms with Crippen molar-refractivity contribution in [3.05, 3.63) is 82.9 Å². The molecule has 0 unspecified atom stereocenters. The van der Waals surface area contributed by atoms with Crippen LogP contribution in [0.25, 0.3) is 11.1 Å². The number of carbonyl (C=O) groups is 2. The summed E-state index contributed by atoms with van der Waals surface area (Å²) in [6, 6.07) is 19.2. The second-order valence-corrected chi connectivity index (χ2v) is 7.09. The molecular formula is C24H21NO5. The standard InChI is InChI=1S/C24H21NO5/c1-14-11-12-19(23(26)27)22(29-2)21(14)25-24(28)30-13-20-17-9-5-3-7-15(17)16-8-4-6-10-18(16)20/h3-12,20H,13H2,1-2H3,(H,25,28)(H,26,27). The van der Waals surface area contributed by atoms with E-state index in [0.717, 1.165) is 22.3 Å². The first-order valence-corrected chi connectivity index (χ1v) is 9.54. The van der Waals surface area contributed by atoms with E-state index in [4.69, 9.17) is 9.47 Å². The highest BCUT2D eigenvalue weighted by molar-refractivity contribution is 5.97. The van der Waals surface area contributed by atoms with Crippen LogP contribution in [0.15, 0.2) is 60.7 Å². The Labute approximate surface area is 174 Å². The maximum atomic E-state index is 12.6. The summed E-state index contributed by atoms with van der Waals surface area (Å²) in [4.78, 5) is 24.0. The molecule has 1 aliphatic rings. The summed E-state index contributed by atoms with van der Waals surface area (Å²) in [5.74, 6) is -1.10. The van der Waals surface area contributed by atoms with E-state index in [9.17, 15) is 14.7 Å². The highest BCUT2D eigenvalue weighted by Crippen LogP contribution is 2.44. The van der Waals surface area contributed by atoms with Gasteiger partial charge in [0, 0.05) is 5.92 Å². The molecule has 6 heteroatoms. The lowest BCUT2D eigenvalue weighted by atomic mass is 9.98. The van der Waals surface area contributed by atoms with Gasteiger partial charge in [0.25, 0.3) is 0 Å². The predicted octanol–water partition coefficient (Wildman–Crippen LogP) is 5.06. The van der Waals surface area contributed by atoms with Gasteiger partial charge < -0.3 is 14.6 Å². The Kier molecular flexibility index (Phi) is 5.14. The molecule has 0 aromatic heterocycles. The Morgan fingerprint density at radius 2 is 1.57 bits per heavy atom. The number of rotatable bonds is 5. The third-order valence-corrected chi connectivity index (χ3v) is 5.37. The fourth-order valence-corrected chi connectivity index (χ4v) is 3.95. The quantitative estimate of drug-likeness (QED) is 0.622. The van der Waals surface area contributed by atoms with Crippen LogP contribution in [-0.4, -0.2) is 30.9 Å². The van der Waals surface area contributed by atoms with Crippen LogP contribution in [0, 0.1) is 6.92 Å². The number of fused-ring (bicyclic) bond motifs is 3. The van der Waals surface area contributed by atoms with E-state index in [1.54, 1.807) is 13.0 Å². The van der Waals surface area contributed by atoms with E-state index >= 15 is 0 Å². The Morgan fingerprint density at radius 1 is 0.967 bits per heavy atom. The lowest BCUT2D eigenvalue weighted by Gasteiger charge is -2.17. The van der Waals surface area contributed by atoms with Crippen LogP contribution in [-0.2, 0) is 4.74 Å². The zero-order valence-corrected chi connectivity index (χ0v) is 16.6. The average Bonchev–Trinajstić information content (AvgIpc) is 3.07. The highest BCUT2D eigenvalue weighted by Gasteiger charge is 2.29. The summed E-state index contributed by atoms with van der Waals surface area (Å²) >= 11 is 0. The second kappa shape index (κ2) is 7.91. The summed E-state index contributed by atoms with van der Waals surface area (Å²) in [7, 11) is 1.37. The molecule has 0 heterocycles. The van der Waals surface area contributed by atoms with Crippen LogP contribution in [0.1, 0.15) is 33.0 Å². The average molecular weight is 403 g/mol. The third-order valence-electron chi connectivity index (χ3n) is 5.37. The number of hydrogen-bond acceptors (Lipinski definition) is 4. The number of aryl methyl sites for hydroxylation is 1. The maximum Gasteiger partial charge on any atom is 0.411 e. The SMILES string of the molecule is COc1c(C(=O)O)ccc(C)c1NC(=O)OCC1c2ccccc2-c2ccccc21. The molecule has 0 bridgehead atoms. The Morgan fingerprint density at radius 3 is 2.13 bits per heavy atom. The van der Waals surface area contributed by atoms with Crippen LogP contribution in [0.5, 0.6) is 5.75 Å². The Hall–Kier alpha value is -3.80. The van der Waals surface area contributed by atoms with Crippen molar-refractivity contribution in [2.24, 2.45) is 0 Å². The van der Waals surface area contributed by atoms with Gasteiger partial charge in [-0.15, -0.1) is 0 Å². The molecule has 0 aliphatic heterocycles. The molecule has 0 fully saturated rings. The predicted molar refractivity (Wildman–Crippen MR) is 113 cm³/mol. The van der Waals surface area contributed by atoms with Gasteiger partial charge in [-0.3, -0.25) is 5.32 Å². The van der Waals surface area contributed by atoms with Crippen molar-refractivity contribution in [3.8, 4) is 16.9 Å². The molecule has 3 aromatic rings. The van der Waals surface area contributed by atoms with Crippen LogP contribution >= 0.6 is 0 Å². The van der Waals surface area contributed by atoms with Gasteiger partial charge in [-0.2, -0.15) is 0 Å². The van der Waals surface area contributed by atoms with Crippen molar-refractivity contribution in [1.82, 2.24) is 0 Å². The first-order chi connectivity index (χ1) is 14.5. The maximum absolute atomic E-state index is 12.6. The molecule has 152 valence electrons. The fraction of sp³-hybridized carbons (Fsp3) is 0.167. The smallest absolute Gasteiger partial charge is 0.411 e. The highest BCUT2D eigenvalue weighted by atomic mass is 16.5. The molecule has 1 amide bonds. The summed E-state index contributed by atoms with van der Waals surface area (Å²) in [5.41, 5.74) is 5.46. The Balaban J connectivity index is 1.54. The largest absolute Gasteiger partial charge is 0.494 e. The first-order valence-electron chi connectivity index (χ1n) is 9.54. The third kappa shape index (κ3) is 3.37. The monoisotopic (exact) mass is 403 g/mol. The first kappa shape index (κ1) is 19.5. The number of nitrogens with one attached hydrogen (secondary N) is 1. The zero-order chi connectivity index (χ0) is 21.3. The van der Waals surface area contributed by atoms with Crippen molar-refractivity contribution in [2.45, 2.75) is 12.8 Å². The molecule has 0 radical (unpaired) electrons. The van der Waals surface area contributed by atoms with Gasteiger partial charge in [-0.25, -0.2) is 9.59 Å². The normalized spacial score (nSPS) is 12.1. The van der Waals surface area contributed by atoms with E-state index < -0.39 is 12.1 Å². The zero-order valence-electron chi connectivity index (χ0n) is 16.6. The Bertz CT molecular complexity index is 1090. The molecule has 0 saturated carbocycles. The van der Waals surface area contributed by atoms with Crippen molar-refractivity contribution in [3.63, 3.8) is 0 Å². The number of aromatic carboxylic acids is 1. The minimum Gasteiger partial charge on any atom is -0.494 e. The number of benzene rings is 3. The number of anilines is 1. The minimum absolute atomic E-state index is 0.0305. The number of carboxylic acid groups (broad SMARTS) is 1. The van der Waals surface area contributed by atoms with Gasteiger partial charge in [0.1, 0.15) is 12.2 Å². The van der Waals surface area contributed by atoms with Crippen molar-refractivity contribution >= 4 is 17.7 Å². The van der Waals surface area contributed by atoms with Gasteiger partial charge in [-0.05, 0) is 40.8 Å². The number of amides is 1. The number of ether oxygens (including phenoxy) is 2. The fourth-order valence-electron chi connectivity index (χ4n) is 3.95. The molecule has 3 aromatic carbocycles. The number of carbonyl (C=O) groups excluding carboxylic acids is 1. The summed E-state index contributed by atoms with van der Waals surface area (Å²) in [6.07, 6.45) is -0.666. The lowest BCUT2D eigenvalue weighted by molar-refractivity contribution is 0.0693. The van der Waals surface area contributed by atoms with Gasteiger partial charge >= 0.3 is 12.1 Å². The van der Waals surface area contributed by atoms with Crippen molar-refractivity contribution in [1.29, 1.82) is 0 Å². The van der Waals surface area contributed by atoms with E-state index in [-0.39, 0.29) is 29.5 Å². The molecule has 30 heavy (non-hydrogen) atoms. The molecule has 2 N–H and O–H groups in total. The molecule has 6 nitrogen and oxygen atoms in total. The van der Waals surface area contributed by atoms with E-state index in [1.165, 1.54) is 13.2 Å². The van der Waals surface area contributed by atoms with Crippen molar-refractivity contribution < 1.29 is 24.2 Å². The molecule has 0 atom stereocenters. The van der Waals surface area contributed by atoms with Crippen LogP contribution in [0.3, 0.4) is 0 Å². The minimum atomic E-state index is -1.14. The molecular weight excluding hydrogens is 382 g/mol. The number of hydrogen-bond donors (Lipinski definition) is 2. The van der Waals surface area contributed by atoms with Gasteiger partial charge in [0.15, 0.2) is 5.75 Å². The van der Waals surface area contributed by atoms with E-state index in [1.807, 2.05) is 36.4 Å². The van der Waals surface area contributed by atoms with Crippen molar-refractivity contribution in [2.75, 3.05) is 19.0 Å². The van der Waals surface area contributed by atoms with E-state index in [0.29, 0.717) is 5.56 Å². The molecule has 0 spiro atoms. The molecule has 4 rings (SSSR count). The molecule has 0 saturated heterocycles. The summed E-state index contributed by atoms with van der Waals surface area (Å²) in [5, 5.41) is 12.0. The van der Waals surface area contributed by atoms with E-state index in [2.05, 4.69) is 17.4 Å². The second-order valence-electron chi connectivity index (χ2n) is 7.09. The summed E-state index contributed by atoms with van der Waals surface area (Å²) < 4.78 is 10.8. The number of carboxylic acids is 1. The van der Waals surface area contributed by atoms with Crippen LogP contribution < -0.4 is 10.1 Å². The number of methoxy groups -OCH3 is 1. The topological polar surface area (TPSA) is 84.9 Å². The molecule has 1 aliphatic carbocycles. The van der Waals surface area contributed by atoms with Gasteiger partial charge in [0.2, 0.25) is 0 Å². The van der Waals surface area contributed by atoms with Crippen LogP contribution in [0.2, 0.25) is 0 Å². The van der Waals surface area contributed by atoms with Gasteiger partial charge in [0.05, 0.1) is 12.8 Å². The summed E-state index contributed by atoms with van der Waals surface area (Å²) in [6.45, 7) is 1.92.